The number of hydrogen-bond donors (Lipinski definition) is 1. The molecule has 120 valence electrons. The Morgan fingerprint density at radius 1 is 1.45 bits per heavy atom. The summed E-state index contributed by atoms with van der Waals surface area (Å²) in [5.41, 5.74) is 1.02. The molecule has 22 heavy (non-hydrogen) atoms. The first-order valence-corrected chi connectivity index (χ1v) is 7.51. The van der Waals surface area contributed by atoms with Gasteiger partial charge in [0.2, 0.25) is 5.91 Å². The smallest absolute Gasteiger partial charge is 0.280 e. The topological polar surface area (TPSA) is 64.7 Å². The van der Waals surface area contributed by atoms with E-state index in [4.69, 9.17) is 0 Å². The fraction of sp³-hybridized carbons (Fsp3) is 0.462. The summed E-state index contributed by atoms with van der Waals surface area (Å²) >= 11 is 3.36. The van der Waals surface area contributed by atoms with Crippen molar-refractivity contribution in [2.75, 3.05) is 0 Å². The monoisotopic (exact) mass is 375 g/mol. The van der Waals surface area contributed by atoms with Crippen LogP contribution in [0.5, 0.6) is 0 Å². The van der Waals surface area contributed by atoms with E-state index in [0.29, 0.717) is 12.2 Å². The van der Waals surface area contributed by atoms with Gasteiger partial charge in [-0.2, -0.15) is 10.2 Å². The van der Waals surface area contributed by atoms with Gasteiger partial charge in [0, 0.05) is 6.54 Å². The van der Waals surface area contributed by atoms with Gasteiger partial charge in [-0.1, -0.05) is 0 Å². The van der Waals surface area contributed by atoms with Crippen LogP contribution in [-0.4, -0.2) is 25.5 Å². The average Bonchev–Trinajstić information content (AvgIpc) is 2.99. The van der Waals surface area contributed by atoms with Crippen LogP contribution in [0.1, 0.15) is 30.4 Å². The Kier molecular flexibility index (Phi) is 5.28. The molecule has 0 saturated heterocycles. The van der Waals surface area contributed by atoms with E-state index in [0.717, 1.165) is 14.8 Å². The zero-order chi connectivity index (χ0) is 16.3. The maximum atomic E-state index is 12.8. The Balaban J connectivity index is 2.00. The molecule has 6 nitrogen and oxygen atoms in total. The fourth-order valence-electron chi connectivity index (χ4n) is 2.08. The summed E-state index contributed by atoms with van der Waals surface area (Å²) in [5, 5.41) is 10.7. The Morgan fingerprint density at radius 2 is 2.18 bits per heavy atom. The minimum Gasteiger partial charge on any atom is -0.349 e. The van der Waals surface area contributed by atoms with E-state index in [1.165, 1.54) is 6.07 Å². The molecule has 0 aromatic carbocycles. The van der Waals surface area contributed by atoms with Crippen LogP contribution in [0.25, 0.3) is 0 Å². The number of carbonyl (C=O) groups is 1. The summed E-state index contributed by atoms with van der Waals surface area (Å²) in [6.45, 7) is 4.23. The van der Waals surface area contributed by atoms with Crippen molar-refractivity contribution in [3.05, 3.63) is 33.8 Å². The number of nitrogens with zero attached hydrogens (tertiary/aromatic N) is 4. The molecule has 0 aliphatic carbocycles. The molecule has 1 amide bonds. The van der Waals surface area contributed by atoms with E-state index >= 15 is 0 Å². The van der Waals surface area contributed by atoms with E-state index in [1.807, 2.05) is 6.92 Å². The van der Waals surface area contributed by atoms with E-state index in [-0.39, 0.29) is 24.7 Å². The van der Waals surface area contributed by atoms with Gasteiger partial charge in [0.25, 0.3) is 6.43 Å². The molecule has 0 spiro atoms. The summed E-state index contributed by atoms with van der Waals surface area (Å²) in [4.78, 5) is 11.9. The SMILES string of the molecule is CCn1ncc(Br)c1CNC(=O)Cn1nc(C)cc1C(F)F. The van der Waals surface area contributed by atoms with Crippen molar-refractivity contribution >= 4 is 21.8 Å². The molecule has 0 bridgehead atoms. The number of carbonyl (C=O) groups excluding carboxylic acids is 1. The number of rotatable bonds is 6. The van der Waals surface area contributed by atoms with Crippen molar-refractivity contribution in [3.63, 3.8) is 0 Å². The van der Waals surface area contributed by atoms with Crippen LogP contribution in [0.3, 0.4) is 0 Å². The summed E-state index contributed by atoms with van der Waals surface area (Å²) in [6.07, 6.45) is -1.01. The van der Waals surface area contributed by atoms with Gasteiger partial charge in [0.1, 0.15) is 12.2 Å². The van der Waals surface area contributed by atoms with Crippen LogP contribution in [0.2, 0.25) is 0 Å². The third-order valence-electron chi connectivity index (χ3n) is 3.10. The second kappa shape index (κ2) is 6.99. The third kappa shape index (κ3) is 3.70. The molecule has 0 saturated carbocycles. The van der Waals surface area contributed by atoms with Gasteiger partial charge in [-0.05, 0) is 35.8 Å². The van der Waals surface area contributed by atoms with Crippen LogP contribution in [0, 0.1) is 6.92 Å². The van der Waals surface area contributed by atoms with Crippen molar-refractivity contribution in [3.8, 4) is 0 Å². The Hall–Kier alpha value is -1.77. The van der Waals surface area contributed by atoms with Crippen LogP contribution in [-0.2, 0) is 24.4 Å². The first kappa shape index (κ1) is 16.6. The molecule has 0 aliphatic rings. The standard InChI is InChI=1S/C13H16BrF2N5O/c1-3-20-11(9(14)5-18-20)6-17-12(22)7-21-10(13(15)16)4-8(2)19-21/h4-5,13H,3,6-7H2,1-2H3,(H,17,22). The van der Waals surface area contributed by atoms with Gasteiger partial charge in [0.05, 0.1) is 28.6 Å². The van der Waals surface area contributed by atoms with Crippen molar-refractivity contribution in [2.45, 2.75) is 39.9 Å². The molecule has 2 rings (SSSR count). The molecule has 0 aliphatic heterocycles. The van der Waals surface area contributed by atoms with Crippen molar-refractivity contribution in [2.24, 2.45) is 0 Å². The first-order valence-electron chi connectivity index (χ1n) is 6.71. The minimum atomic E-state index is -2.66. The number of aromatic nitrogens is 4. The van der Waals surface area contributed by atoms with Crippen molar-refractivity contribution in [1.29, 1.82) is 0 Å². The van der Waals surface area contributed by atoms with Crippen LogP contribution in [0.4, 0.5) is 8.78 Å². The molecule has 0 radical (unpaired) electrons. The Labute approximate surface area is 134 Å². The highest BCUT2D eigenvalue weighted by atomic mass is 79.9. The lowest BCUT2D eigenvalue weighted by Crippen LogP contribution is -2.29. The van der Waals surface area contributed by atoms with E-state index in [1.54, 1.807) is 17.8 Å². The lowest BCUT2D eigenvalue weighted by molar-refractivity contribution is -0.122. The predicted octanol–water partition coefficient (Wildman–Crippen LogP) is 2.42. The zero-order valence-electron chi connectivity index (χ0n) is 12.2. The molecule has 9 heteroatoms. The van der Waals surface area contributed by atoms with Crippen molar-refractivity contribution < 1.29 is 13.6 Å². The normalized spacial score (nSPS) is 11.2. The maximum Gasteiger partial charge on any atom is 0.280 e. The summed E-state index contributed by atoms with van der Waals surface area (Å²) in [7, 11) is 0. The molecular weight excluding hydrogens is 360 g/mol. The van der Waals surface area contributed by atoms with Gasteiger partial charge in [-0.25, -0.2) is 8.78 Å². The van der Waals surface area contributed by atoms with E-state index in [2.05, 4.69) is 31.4 Å². The molecule has 0 atom stereocenters. The molecular formula is C13H16BrF2N5O. The number of hydrogen-bond acceptors (Lipinski definition) is 3. The molecule has 2 heterocycles. The van der Waals surface area contributed by atoms with Gasteiger partial charge >= 0.3 is 0 Å². The van der Waals surface area contributed by atoms with Crippen LogP contribution in [0.15, 0.2) is 16.7 Å². The molecule has 1 N–H and O–H groups in total. The number of nitrogens with one attached hydrogen (secondary N) is 1. The van der Waals surface area contributed by atoms with Gasteiger partial charge in [-0.3, -0.25) is 14.2 Å². The number of aryl methyl sites for hydroxylation is 2. The fourth-order valence-corrected chi connectivity index (χ4v) is 2.51. The summed E-state index contributed by atoms with van der Waals surface area (Å²) < 4.78 is 29.2. The Morgan fingerprint density at radius 3 is 2.82 bits per heavy atom. The lowest BCUT2D eigenvalue weighted by Gasteiger charge is -2.09. The highest BCUT2D eigenvalue weighted by Gasteiger charge is 2.17. The summed E-state index contributed by atoms with van der Waals surface area (Å²) in [5.74, 6) is -0.388. The van der Waals surface area contributed by atoms with E-state index < -0.39 is 6.43 Å². The zero-order valence-corrected chi connectivity index (χ0v) is 13.8. The van der Waals surface area contributed by atoms with Crippen molar-refractivity contribution in [1.82, 2.24) is 24.9 Å². The largest absolute Gasteiger partial charge is 0.349 e. The molecule has 2 aromatic heterocycles. The number of alkyl halides is 2. The second-order valence-corrected chi connectivity index (χ2v) is 5.55. The predicted molar refractivity (Wildman–Crippen MR) is 79.4 cm³/mol. The second-order valence-electron chi connectivity index (χ2n) is 4.70. The van der Waals surface area contributed by atoms with E-state index in [9.17, 15) is 13.6 Å². The minimum absolute atomic E-state index is 0.245. The number of halogens is 3. The van der Waals surface area contributed by atoms with Crippen LogP contribution < -0.4 is 5.32 Å². The average molecular weight is 376 g/mol. The maximum absolute atomic E-state index is 12.8. The highest BCUT2D eigenvalue weighted by Crippen LogP contribution is 2.19. The van der Waals surface area contributed by atoms with Gasteiger partial charge in [0.15, 0.2) is 0 Å². The highest BCUT2D eigenvalue weighted by molar-refractivity contribution is 9.10. The summed E-state index contributed by atoms with van der Waals surface area (Å²) in [6, 6.07) is 1.28. The third-order valence-corrected chi connectivity index (χ3v) is 3.76. The lowest BCUT2D eigenvalue weighted by atomic mass is 10.3. The Bertz CT molecular complexity index is 667. The van der Waals surface area contributed by atoms with Crippen LogP contribution >= 0.6 is 15.9 Å². The van der Waals surface area contributed by atoms with Gasteiger partial charge in [-0.15, -0.1) is 0 Å². The molecule has 2 aromatic rings. The van der Waals surface area contributed by atoms with Gasteiger partial charge < -0.3 is 5.32 Å². The molecule has 0 fully saturated rings. The first-order chi connectivity index (χ1) is 10.4. The quantitative estimate of drug-likeness (QED) is 0.842. The molecule has 0 unspecified atom stereocenters. The number of amides is 1.